The number of carbonyl (C=O) groups excluding carboxylic acids is 1. The van der Waals surface area contributed by atoms with Gasteiger partial charge in [-0.05, 0) is 37.6 Å². The van der Waals surface area contributed by atoms with Crippen LogP contribution >= 0.6 is 11.8 Å². The number of rotatable bonds is 10. The summed E-state index contributed by atoms with van der Waals surface area (Å²) >= 11 is 1.25. The number of hydrogen-bond donors (Lipinski definition) is 1. The fourth-order valence-corrected chi connectivity index (χ4v) is 3.77. The SMILES string of the molecule is CCn1c(COc2ccccc2OC)nnc1SCC(=O)Nc1ccc([N+](=O)[O-])cc1C. The predicted octanol–water partition coefficient (Wildman–Crippen LogP) is 3.83. The Balaban J connectivity index is 1.60. The topological polar surface area (TPSA) is 121 Å². The normalized spacial score (nSPS) is 10.6. The van der Waals surface area contributed by atoms with E-state index in [-0.39, 0.29) is 24.0 Å². The Morgan fingerprint density at radius 3 is 2.62 bits per heavy atom. The van der Waals surface area contributed by atoms with Crippen molar-refractivity contribution in [2.75, 3.05) is 18.2 Å². The van der Waals surface area contributed by atoms with E-state index >= 15 is 0 Å². The average Bonchev–Trinajstić information content (AvgIpc) is 3.19. The van der Waals surface area contributed by atoms with Gasteiger partial charge >= 0.3 is 0 Å². The first-order valence-corrected chi connectivity index (χ1v) is 10.8. The van der Waals surface area contributed by atoms with Crippen molar-refractivity contribution < 1.29 is 19.2 Å². The van der Waals surface area contributed by atoms with Crippen LogP contribution < -0.4 is 14.8 Å². The average molecular weight is 458 g/mol. The predicted molar refractivity (Wildman–Crippen MR) is 120 cm³/mol. The van der Waals surface area contributed by atoms with Crippen molar-refractivity contribution in [2.45, 2.75) is 32.2 Å². The highest BCUT2D eigenvalue weighted by atomic mass is 32.2. The van der Waals surface area contributed by atoms with E-state index in [0.29, 0.717) is 40.3 Å². The Morgan fingerprint density at radius 1 is 1.22 bits per heavy atom. The van der Waals surface area contributed by atoms with Crippen LogP contribution in [-0.2, 0) is 17.9 Å². The zero-order valence-electron chi connectivity index (χ0n) is 17.9. The first-order chi connectivity index (χ1) is 15.4. The van der Waals surface area contributed by atoms with Crippen molar-refractivity contribution in [2.24, 2.45) is 0 Å². The summed E-state index contributed by atoms with van der Waals surface area (Å²) in [6, 6.07) is 11.6. The number of anilines is 1. The van der Waals surface area contributed by atoms with Crippen molar-refractivity contribution in [1.82, 2.24) is 14.8 Å². The molecule has 0 aliphatic rings. The zero-order chi connectivity index (χ0) is 23.1. The number of thioether (sulfide) groups is 1. The Kier molecular flexibility index (Phi) is 7.66. The summed E-state index contributed by atoms with van der Waals surface area (Å²) in [6.45, 7) is 4.48. The fourth-order valence-electron chi connectivity index (χ4n) is 2.95. The number of benzene rings is 2. The number of aryl methyl sites for hydroxylation is 1. The van der Waals surface area contributed by atoms with Gasteiger partial charge in [-0.1, -0.05) is 23.9 Å². The van der Waals surface area contributed by atoms with Crippen molar-refractivity contribution in [3.8, 4) is 11.5 Å². The van der Waals surface area contributed by atoms with Gasteiger partial charge in [-0.15, -0.1) is 10.2 Å². The van der Waals surface area contributed by atoms with Gasteiger partial charge in [0.1, 0.15) is 6.61 Å². The Hall–Kier alpha value is -3.60. The summed E-state index contributed by atoms with van der Waals surface area (Å²) in [5.74, 6) is 1.73. The summed E-state index contributed by atoms with van der Waals surface area (Å²) in [5.41, 5.74) is 1.13. The van der Waals surface area contributed by atoms with E-state index in [1.54, 1.807) is 14.0 Å². The zero-order valence-corrected chi connectivity index (χ0v) is 18.7. The molecular formula is C21H23N5O5S. The van der Waals surface area contributed by atoms with Crippen LogP contribution in [0.5, 0.6) is 11.5 Å². The highest BCUT2D eigenvalue weighted by Gasteiger charge is 2.16. The molecule has 1 aromatic heterocycles. The molecule has 1 heterocycles. The molecule has 11 heteroatoms. The molecule has 0 bridgehead atoms. The lowest BCUT2D eigenvalue weighted by molar-refractivity contribution is -0.384. The van der Waals surface area contributed by atoms with Crippen molar-refractivity contribution in [1.29, 1.82) is 0 Å². The molecule has 1 N–H and O–H groups in total. The molecule has 1 amide bonds. The minimum atomic E-state index is -0.471. The van der Waals surface area contributed by atoms with Crippen LogP contribution in [0.4, 0.5) is 11.4 Å². The van der Waals surface area contributed by atoms with E-state index in [4.69, 9.17) is 9.47 Å². The van der Waals surface area contributed by atoms with Gasteiger partial charge in [0.25, 0.3) is 5.69 Å². The number of para-hydroxylation sites is 2. The highest BCUT2D eigenvalue weighted by molar-refractivity contribution is 7.99. The summed E-state index contributed by atoms with van der Waals surface area (Å²) in [5, 5.41) is 22.6. The van der Waals surface area contributed by atoms with Crippen LogP contribution in [0.15, 0.2) is 47.6 Å². The molecule has 0 atom stereocenters. The molecule has 0 saturated carbocycles. The van der Waals surface area contributed by atoms with Gasteiger partial charge in [0, 0.05) is 24.4 Å². The van der Waals surface area contributed by atoms with Crippen LogP contribution in [-0.4, -0.2) is 38.5 Å². The summed E-state index contributed by atoms with van der Waals surface area (Å²) < 4.78 is 13.0. The first kappa shape index (κ1) is 23.1. The second-order valence-corrected chi connectivity index (χ2v) is 7.62. The number of nitro benzene ring substituents is 1. The molecule has 0 fully saturated rings. The van der Waals surface area contributed by atoms with Gasteiger partial charge in [-0.3, -0.25) is 14.9 Å². The molecule has 0 unspecified atom stereocenters. The van der Waals surface area contributed by atoms with Crippen LogP contribution in [0.3, 0.4) is 0 Å². The van der Waals surface area contributed by atoms with Crippen molar-refractivity contribution in [3.05, 3.63) is 64.0 Å². The quantitative estimate of drug-likeness (QED) is 0.277. The molecule has 0 radical (unpaired) electrons. The molecule has 2 aromatic carbocycles. The maximum absolute atomic E-state index is 12.4. The van der Waals surface area contributed by atoms with Crippen LogP contribution in [0.25, 0.3) is 0 Å². The van der Waals surface area contributed by atoms with E-state index in [2.05, 4.69) is 15.5 Å². The Morgan fingerprint density at radius 2 is 1.97 bits per heavy atom. The smallest absolute Gasteiger partial charge is 0.269 e. The van der Waals surface area contributed by atoms with Gasteiger partial charge in [0.05, 0.1) is 17.8 Å². The summed E-state index contributed by atoms with van der Waals surface area (Å²) in [6.07, 6.45) is 0. The largest absolute Gasteiger partial charge is 0.493 e. The van der Waals surface area contributed by atoms with E-state index < -0.39 is 4.92 Å². The minimum Gasteiger partial charge on any atom is -0.493 e. The van der Waals surface area contributed by atoms with E-state index in [9.17, 15) is 14.9 Å². The number of methoxy groups -OCH3 is 1. The molecule has 0 aliphatic carbocycles. The fraction of sp³-hybridized carbons (Fsp3) is 0.286. The number of aromatic nitrogens is 3. The van der Waals surface area contributed by atoms with E-state index in [0.717, 1.165) is 0 Å². The third-order valence-corrected chi connectivity index (χ3v) is 5.53. The molecule has 168 valence electrons. The number of non-ortho nitro benzene ring substituents is 1. The molecule has 0 saturated heterocycles. The third-order valence-electron chi connectivity index (χ3n) is 4.56. The second-order valence-electron chi connectivity index (χ2n) is 6.68. The Labute approximate surface area is 189 Å². The van der Waals surface area contributed by atoms with Crippen molar-refractivity contribution in [3.63, 3.8) is 0 Å². The summed E-state index contributed by atoms with van der Waals surface area (Å²) in [7, 11) is 1.58. The van der Waals surface area contributed by atoms with Crippen molar-refractivity contribution >= 4 is 29.0 Å². The maximum Gasteiger partial charge on any atom is 0.269 e. The third kappa shape index (κ3) is 5.55. The van der Waals surface area contributed by atoms with E-state index in [1.807, 2.05) is 35.8 Å². The van der Waals surface area contributed by atoms with Crippen LogP contribution in [0.1, 0.15) is 18.3 Å². The van der Waals surface area contributed by atoms with Gasteiger partial charge in [0.15, 0.2) is 22.5 Å². The minimum absolute atomic E-state index is 0.0196. The van der Waals surface area contributed by atoms with Gasteiger partial charge < -0.3 is 19.4 Å². The molecule has 3 rings (SSSR count). The lowest BCUT2D eigenvalue weighted by atomic mass is 10.2. The summed E-state index contributed by atoms with van der Waals surface area (Å²) in [4.78, 5) is 22.8. The lowest BCUT2D eigenvalue weighted by Gasteiger charge is -2.11. The number of nitrogens with one attached hydrogen (secondary N) is 1. The molecule has 32 heavy (non-hydrogen) atoms. The number of hydrogen-bond acceptors (Lipinski definition) is 8. The molecule has 3 aromatic rings. The van der Waals surface area contributed by atoms with Gasteiger partial charge in [-0.25, -0.2) is 0 Å². The first-order valence-electron chi connectivity index (χ1n) is 9.78. The van der Waals surface area contributed by atoms with Gasteiger partial charge in [-0.2, -0.15) is 0 Å². The molecule has 10 nitrogen and oxygen atoms in total. The number of nitrogens with zero attached hydrogens (tertiary/aromatic N) is 4. The lowest BCUT2D eigenvalue weighted by Crippen LogP contribution is -2.15. The molecule has 0 aliphatic heterocycles. The van der Waals surface area contributed by atoms with E-state index in [1.165, 1.54) is 30.0 Å². The van der Waals surface area contributed by atoms with Crippen LogP contribution in [0.2, 0.25) is 0 Å². The molecule has 0 spiro atoms. The van der Waals surface area contributed by atoms with Gasteiger partial charge in [0.2, 0.25) is 5.91 Å². The maximum atomic E-state index is 12.4. The van der Waals surface area contributed by atoms with Crippen LogP contribution in [0, 0.1) is 17.0 Å². The molecular weight excluding hydrogens is 434 g/mol. The number of amides is 1. The number of carbonyl (C=O) groups is 1. The second kappa shape index (κ2) is 10.6. The monoisotopic (exact) mass is 457 g/mol. The highest BCUT2D eigenvalue weighted by Crippen LogP contribution is 2.27. The number of nitro groups is 1. The Bertz CT molecular complexity index is 1120. The standard InChI is InChI=1S/C21H23N5O5S/c1-4-25-19(12-31-18-8-6-5-7-17(18)30-3)23-24-21(25)32-13-20(27)22-16-10-9-15(26(28)29)11-14(16)2/h5-11H,4,12-13H2,1-3H3,(H,22,27). The number of ether oxygens (including phenoxy) is 2.